The molecule has 1 aromatic carbocycles. The third-order valence-corrected chi connectivity index (χ3v) is 8.57. The number of anilines is 1. The van der Waals surface area contributed by atoms with Crippen molar-refractivity contribution in [2.24, 2.45) is 0 Å². The predicted octanol–water partition coefficient (Wildman–Crippen LogP) is 4.24. The smallest absolute Gasteiger partial charge is 0.287 e. The Morgan fingerprint density at radius 1 is 1.17 bits per heavy atom. The standard InChI is InChI=1S/C30H32F2N6O3/c1-3-26(40)36-13-11-20-27-22(38(35-20)21-9-7-18(15-24(21)39)17-5-4-6-17)12-14-37(23(27)16-36)29(41)19-8-10-25(30(2,31)32)34-28(19)33/h3,7-10,15,17,23,39H,1,4-6,11-14,16H2,2H3,(H2,33,34)/t23-/m0/s1. The lowest BCUT2D eigenvalue weighted by molar-refractivity contribution is -0.126. The number of benzene rings is 1. The second-order valence-corrected chi connectivity index (χ2v) is 11.1. The number of hydrogen-bond donors (Lipinski definition) is 2. The Bertz CT molecular complexity index is 1560. The molecule has 41 heavy (non-hydrogen) atoms. The van der Waals surface area contributed by atoms with Crippen molar-refractivity contribution in [1.29, 1.82) is 0 Å². The van der Waals surface area contributed by atoms with Crippen LogP contribution in [0.5, 0.6) is 5.75 Å². The lowest BCUT2D eigenvalue weighted by atomic mass is 9.80. The van der Waals surface area contributed by atoms with Gasteiger partial charge in [-0.15, -0.1) is 0 Å². The number of phenols is 1. The summed E-state index contributed by atoms with van der Waals surface area (Å²) in [6.07, 6.45) is 5.57. The maximum atomic E-state index is 13.8. The molecule has 0 bridgehead atoms. The zero-order chi connectivity index (χ0) is 29.1. The summed E-state index contributed by atoms with van der Waals surface area (Å²) in [5.41, 5.74) is 9.62. The van der Waals surface area contributed by atoms with Crippen LogP contribution < -0.4 is 5.73 Å². The van der Waals surface area contributed by atoms with Gasteiger partial charge in [-0.05, 0) is 54.7 Å². The van der Waals surface area contributed by atoms with E-state index >= 15 is 0 Å². The Kier molecular flexibility index (Phi) is 6.55. The van der Waals surface area contributed by atoms with Gasteiger partial charge in [0.1, 0.15) is 22.9 Å². The summed E-state index contributed by atoms with van der Waals surface area (Å²) in [5.74, 6) is -3.58. The van der Waals surface area contributed by atoms with Crippen LogP contribution in [0.3, 0.4) is 0 Å². The molecule has 1 saturated carbocycles. The van der Waals surface area contributed by atoms with Crippen molar-refractivity contribution >= 4 is 17.6 Å². The van der Waals surface area contributed by atoms with E-state index in [9.17, 15) is 23.5 Å². The van der Waals surface area contributed by atoms with E-state index in [-0.39, 0.29) is 36.1 Å². The summed E-state index contributed by atoms with van der Waals surface area (Å²) in [5, 5.41) is 15.9. The van der Waals surface area contributed by atoms with Gasteiger partial charge in [-0.2, -0.15) is 13.9 Å². The first-order chi connectivity index (χ1) is 19.6. The van der Waals surface area contributed by atoms with E-state index < -0.39 is 23.6 Å². The van der Waals surface area contributed by atoms with Crippen molar-refractivity contribution < 1.29 is 23.5 Å². The largest absolute Gasteiger partial charge is 0.506 e. The molecule has 3 aliphatic rings. The highest BCUT2D eigenvalue weighted by Gasteiger charge is 2.41. The topological polar surface area (TPSA) is 118 Å². The number of nitrogen functional groups attached to an aromatic ring is 1. The van der Waals surface area contributed by atoms with Crippen molar-refractivity contribution in [2.75, 3.05) is 25.4 Å². The predicted molar refractivity (Wildman–Crippen MR) is 148 cm³/mol. The highest BCUT2D eigenvalue weighted by atomic mass is 19.3. The van der Waals surface area contributed by atoms with Gasteiger partial charge in [-0.25, -0.2) is 9.67 Å². The fourth-order valence-electron chi connectivity index (χ4n) is 6.14. The van der Waals surface area contributed by atoms with Crippen LogP contribution in [0, 0.1) is 0 Å². The summed E-state index contributed by atoms with van der Waals surface area (Å²) in [6, 6.07) is 7.58. The summed E-state index contributed by atoms with van der Waals surface area (Å²) >= 11 is 0. The Balaban J connectivity index is 1.40. The number of nitrogens with two attached hydrogens (primary N) is 1. The minimum Gasteiger partial charge on any atom is -0.506 e. The number of phenolic OH excluding ortho intramolecular Hbond substituents is 1. The Morgan fingerprint density at radius 2 is 1.95 bits per heavy atom. The summed E-state index contributed by atoms with van der Waals surface area (Å²) in [7, 11) is 0. The molecule has 214 valence electrons. The number of aromatic hydroxyl groups is 1. The zero-order valence-electron chi connectivity index (χ0n) is 22.8. The fraction of sp³-hybridized carbons (Fsp3) is 0.400. The first-order valence-corrected chi connectivity index (χ1v) is 13.9. The van der Waals surface area contributed by atoms with Crippen LogP contribution in [0.15, 0.2) is 43.0 Å². The van der Waals surface area contributed by atoms with E-state index in [1.54, 1.807) is 14.5 Å². The van der Waals surface area contributed by atoms with Crippen molar-refractivity contribution in [2.45, 2.75) is 56.9 Å². The van der Waals surface area contributed by atoms with E-state index in [4.69, 9.17) is 10.8 Å². The van der Waals surface area contributed by atoms with E-state index in [2.05, 4.69) is 11.6 Å². The maximum Gasteiger partial charge on any atom is 0.287 e. The maximum absolute atomic E-state index is 13.8. The molecule has 2 aromatic heterocycles. The summed E-state index contributed by atoms with van der Waals surface area (Å²) in [4.78, 5) is 33.6. The number of carbonyl (C=O) groups excluding carboxylic acids is 2. The average Bonchev–Trinajstić information content (AvgIpc) is 3.15. The highest BCUT2D eigenvalue weighted by Crippen LogP contribution is 2.41. The molecule has 2 amide bonds. The molecule has 3 N–H and O–H groups in total. The number of aromatic nitrogens is 3. The second kappa shape index (κ2) is 9.97. The van der Waals surface area contributed by atoms with Crippen LogP contribution in [0.2, 0.25) is 0 Å². The fourth-order valence-corrected chi connectivity index (χ4v) is 6.14. The Labute approximate surface area is 236 Å². The normalized spacial score (nSPS) is 18.9. The van der Waals surface area contributed by atoms with Gasteiger partial charge in [0, 0.05) is 45.0 Å². The van der Waals surface area contributed by atoms with Crippen LogP contribution in [0.1, 0.15) is 76.7 Å². The number of rotatable bonds is 5. The molecule has 4 heterocycles. The van der Waals surface area contributed by atoms with Gasteiger partial charge in [0.05, 0.1) is 23.0 Å². The van der Waals surface area contributed by atoms with Crippen molar-refractivity contribution in [1.82, 2.24) is 24.6 Å². The third kappa shape index (κ3) is 4.62. The van der Waals surface area contributed by atoms with E-state index in [0.717, 1.165) is 48.3 Å². The SMILES string of the molecule is C=CC(=O)N1CCc2nn(-c3ccc(C4CCC4)cc3O)c3c2[C@H](C1)N(C(=O)c1ccc(C(C)(F)F)nc1N)CC3. The lowest BCUT2D eigenvalue weighted by Gasteiger charge is -2.38. The van der Waals surface area contributed by atoms with Crippen LogP contribution in [0.4, 0.5) is 14.6 Å². The molecule has 1 fully saturated rings. The van der Waals surface area contributed by atoms with Crippen LogP contribution in [0.25, 0.3) is 5.69 Å². The van der Waals surface area contributed by atoms with Gasteiger partial charge in [0.15, 0.2) is 0 Å². The van der Waals surface area contributed by atoms with Crippen LogP contribution >= 0.6 is 0 Å². The molecule has 0 saturated heterocycles. The minimum atomic E-state index is -3.20. The number of carbonyl (C=O) groups is 2. The molecule has 1 aliphatic carbocycles. The van der Waals surface area contributed by atoms with Crippen LogP contribution in [-0.4, -0.2) is 61.1 Å². The Morgan fingerprint density at radius 3 is 2.59 bits per heavy atom. The molecule has 0 spiro atoms. The molecule has 3 aromatic rings. The molecule has 11 heteroatoms. The Hall–Kier alpha value is -4.28. The minimum absolute atomic E-state index is 0.0189. The van der Waals surface area contributed by atoms with Crippen LogP contribution in [-0.2, 0) is 23.6 Å². The second-order valence-electron chi connectivity index (χ2n) is 11.1. The molecule has 1 atom stereocenters. The van der Waals surface area contributed by atoms with E-state index in [1.807, 2.05) is 18.2 Å². The van der Waals surface area contributed by atoms with Crippen molar-refractivity contribution in [3.63, 3.8) is 0 Å². The molecular weight excluding hydrogens is 530 g/mol. The third-order valence-electron chi connectivity index (χ3n) is 8.57. The van der Waals surface area contributed by atoms with Gasteiger partial charge < -0.3 is 20.6 Å². The lowest BCUT2D eigenvalue weighted by Crippen LogP contribution is -2.46. The number of halogens is 2. The van der Waals surface area contributed by atoms with E-state index in [0.29, 0.717) is 31.0 Å². The van der Waals surface area contributed by atoms with Gasteiger partial charge in [-0.1, -0.05) is 19.1 Å². The molecule has 9 nitrogen and oxygen atoms in total. The average molecular weight is 563 g/mol. The van der Waals surface area contributed by atoms with Crippen molar-refractivity contribution in [3.05, 3.63) is 76.8 Å². The zero-order valence-corrected chi connectivity index (χ0v) is 22.8. The number of pyridine rings is 1. The van der Waals surface area contributed by atoms with Crippen molar-refractivity contribution in [3.8, 4) is 11.4 Å². The summed E-state index contributed by atoms with van der Waals surface area (Å²) in [6.45, 7) is 5.18. The van der Waals surface area contributed by atoms with Gasteiger partial charge in [-0.3, -0.25) is 9.59 Å². The number of hydrogen-bond acceptors (Lipinski definition) is 6. The highest BCUT2D eigenvalue weighted by molar-refractivity contribution is 5.99. The number of amides is 2. The van der Waals surface area contributed by atoms with Gasteiger partial charge in [0.2, 0.25) is 5.91 Å². The number of alkyl halides is 2. The number of nitrogens with zero attached hydrogens (tertiary/aromatic N) is 5. The molecular formula is C30H32F2N6O3. The summed E-state index contributed by atoms with van der Waals surface area (Å²) < 4.78 is 29.4. The molecule has 0 unspecified atom stereocenters. The first-order valence-electron chi connectivity index (χ1n) is 13.9. The molecule has 2 aliphatic heterocycles. The monoisotopic (exact) mass is 562 g/mol. The van der Waals surface area contributed by atoms with Gasteiger partial charge >= 0.3 is 0 Å². The quantitative estimate of drug-likeness (QED) is 0.449. The first kappa shape index (κ1) is 26.9. The molecule has 6 rings (SSSR count). The van der Waals surface area contributed by atoms with E-state index in [1.165, 1.54) is 18.6 Å². The molecule has 0 radical (unpaired) electrons. The van der Waals surface area contributed by atoms with Gasteiger partial charge in [0.25, 0.3) is 11.8 Å².